The van der Waals surface area contributed by atoms with Gasteiger partial charge in [0, 0.05) is 34.4 Å². The zero-order valence-corrected chi connectivity index (χ0v) is 16.8. The van der Waals surface area contributed by atoms with Gasteiger partial charge in [0.2, 0.25) is 0 Å². The monoisotopic (exact) mass is 381 g/mol. The van der Waals surface area contributed by atoms with Crippen molar-refractivity contribution in [1.29, 1.82) is 0 Å². The number of hydrogen-bond acceptors (Lipinski definition) is 4. The molecule has 3 atom stereocenters. The number of aliphatic imine (C=N–C) groups is 1. The van der Waals surface area contributed by atoms with Gasteiger partial charge in [0.05, 0.1) is 13.7 Å². The van der Waals surface area contributed by atoms with E-state index >= 15 is 0 Å². The Morgan fingerprint density at radius 1 is 1.38 bits per heavy atom. The maximum absolute atomic E-state index is 12.1. The van der Waals surface area contributed by atoms with Crippen molar-refractivity contribution in [2.45, 2.75) is 57.4 Å². The summed E-state index contributed by atoms with van der Waals surface area (Å²) < 4.78 is 17.2. The molecule has 1 fully saturated rings. The molecule has 0 saturated heterocycles. The average molecular weight is 382 g/mol. The van der Waals surface area contributed by atoms with Crippen LogP contribution in [0.4, 0.5) is 0 Å². The predicted molar refractivity (Wildman–Crippen MR) is 107 cm³/mol. The minimum atomic E-state index is -0.732. The van der Waals surface area contributed by atoms with Crippen LogP contribution >= 0.6 is 0 Å². The van der Waals surface area contributed by atoms with E-state index in [-0.39, 0.29) is 11.0 Å². The zero-order chi connectivity index (χ0) is 18.9. The number of ether oxygens (including phenoxy) is 1. The third-order valence-corrected chi connectivity index (χ3v) is 6.37. The Morgan fingerprint density at radius 3 is 2.85 bits per heavy atom. The molecular formula is C19H31N3O3S. The summed E-state index contributed by atoms with van der Waals surface area (Å²) in [6, 6.07) is 5.61. The lowest BCUT2D eigenvalue weighted by Gasteiger charge is -2.30. The second-order valence-electron chi connectivity index (χ2n) is 6.50. The highest BCUT2D eigenvalue weighted by Crippen LogP contribution is 2.26. The van der Waals surface area contributed by atoms with Gasteiger partial charge in [-0.2, -0.15) is 0 Å². The van der Waals surface area contributed by atoms with Gasteiger partial charge < -0.3 is 20.5 Å². The van der Waals surface area contributed by atoms with Crippen molar-refractivity contribution >= 4 is 16.8 Å². The van der Waals surface area contributed by atoms with E-state index in [1.807, 2.05) is 19.9 Å². The number of aromatic hydroxyl groups is 1. The second kappa shape index (κ2) is 10.4. The first kappa shape index (κ1) is 20.6. The van der Waals surface area contributed by atoms with Gasteiger partial charge in [-0.25, -0.2) is 4.99 Å². The maximum atomic E-state index is 12.1. The molecular weight excluding hydrogens is 350 g/mol. The molecule has 146 valence electrons. The highest BCUT2D eigenvalue weighted by molar-refractivity contribution is 7.85. The highest BCUT2D eigenvalue weighted by atomic mass is 32.2. The minimum absolute atomic E-state index is 0.121. The fourth-order valence-electron chi connectivity index (χ4n) is 3.27. The number of hydrogen-bond donors (Lipinski definition) is 3. The molecule has 6 nitrogen and oxygen atoms in total. The molecule has 0 amide bonds. The molecule has 7 heteroatoms. The van der Waals surface area contributed by atoms with Crippen molar-refractivity contribution in [2.24, 2.45) is 4.99 Å². The van der Waals surface area contributed by atoms with Gasteiger partial charge in [-0.1, -0.05) is 19.4 Å². The molecule has 2 rings (SSSR count). The maximum Gasteiger partial charge on any atom is 0.191 e. The number of nitrogens with one attached hydrogen (secondary N) is 2. The molecule has 26 heavy (non-hydrogen) atoms. The van der Waals surface area contributed by atoms with E-state index in [4.69, 9.17) is 4.74 Å². The number of methoxy groups -OCH3 is 1. The number of guanidine groups is 1. The van der Waals surface area contributed by atoms with Crippen LogP contribution in [0, 0.1) is 0 Å². The van der Waals surface area contributed by atoms with Gasteiger partial charge in [-0.3, -0.25) is 4.21 Å². The Balaban J connectivity index is 2.00. The quantitative estimate of drug-likeness (QED) is 0.499. The normalized spacial score (nSPS) is 21.9. The summed E-state index contributed by atoms with van der Waals surface area (Å²) in [5.74, 6) is 2.07. The molecule has 0 radical (unpaired) electrons. The first-order chi connectivity index (χ1) is 12.6. The third-order valence-electron chi connectivity index (χ3n) is 4.63. The number of benzene rings is 1. The van der Waals surface area contributed by atoms with Gasteiger partial charge in [0.15, 0.2) is 17.5 Å². The van der Waals surface area contributed by atoms with Crippen molar-refractivity contribution in [2.75, 3.05) is 19.4 Å². The second-order valence-corrected chi connectivity index (χ2v) is 8.51. The standard InChI is InChI=1S/C19H31N3O3S/c1-4-20-19(21-13-14-9-10-18(25-3)17(23)11-14)22-15-7-6-8-16(12-15)26(24)5-2/h9-11,15-16,23H,4-8,12-13H2,1-3H3,(H2,20,21,22). The van der Waals surface area contributed by atoms with Crippen LogP contribution in [0.2, 0.25) is 0 Å². The average Bonchev–Trinajstić information content (AvgIpc) is 2.66. The van der Waals surface area contributed by atoms with Crippen LogP contribution in [0.15, 0.2) is 23.2 Å². The highest BCUT2D eigenvalue weighted by Gasteiger charge is 2.26. The molecule has 0 aromatic heterocycles. The van der Waals surface area contributed by atoms with E-state index in [1.54, 1.807) is 12.1 Å². The molecule has 0 spiro atoms. The molecule has 3 unspecified atom stereocenters. The summed E-state index contributed by atoms with van der Waals surface area (Å²) in [5.41, 5.74) is 0.911. The first-order valence-corrected chi connectivity index (χ1v) is 10.7. The number of phenolic OH excluding ortho intramolecular Hbond substituents is 1. The summed E-state index contributed by atoms with van der Waals surface area (Å²) in [7, 11) is 0.799. The summed E-state index contributed by atoms with van der Waals surface area (Å²) >= 11 is 0. The smallest absolute Gasteiger partial charge is 0.191 e. The van der Waals surface area contributed by atoms with Gasteiger partial charge in [0.1, 0.15) is 0 Å². The van der Waals surface area contributed by atoms with Crippen molar-refractivity contribution in [3.05, 3.63) is 23.8 Å². The number of phenols is 1. The minimum Gasteiger partial charge on any atom is -0.504 e. The van der Waals surface area contributed by atoms with E-state index in [1.165, 1.54) is 7.11 Å². The van der Waals surface area contributed by atoms with E-state index in [0.717, 1.165) is 49.5 Å². The van der Waals surface area contributed by atoms with Crippen LogP contribution in [0.5, 0.6) is 11.5 Å². The van der Waals surface area contributed by atoms with Crippen LogP contribution in [0.3, 0.4) is 0 Å². The van der Waals surface area contributed by atoms with Gasteiger partial charge >= 0.3 is 0 Å². The van der Waals surface area contributed by atoms with E-state index in [2.05, 4.69) is 15.6 Å². The number of rotatable bonds is 7. The van der Waals surface area contributed by atoms with Gasteiger partial charge in [0.25, 0.3) is 0 Å². The largest absolute Gasteiger partial charge is 0.504 e. The van der Waals surface area contributed by atoms with Crippen LogP contribution in [0.1, 0.15) is 45.1 Å². The molecule has 1 aromatic rings. The van der Waals surface area contributed by atoms with Crippen molar-refractivity contribution in [3.63, 3.8) is 0 Å². The van der Waals surface area contributed by atoms with Crippen LogP contribution < -0.4 is 15.4 Å². The molecule has 1 aromatic carbocycles. The summed E-state index contributed by atoms with van der Waals surface area (Å²) in [5, 5.41) is 16.9. The molecule has 1 saturated carbocycles. The van der Waals surface area contributed by atoms with Crippen LogP contribution in [0.25, 0.3) is 0 Å². The fourth-order valence-corrected chi connectivity index (χ4v) is 4.62. The van der Waals surface area contributed by atoms with Crippen molar-refractivity contribution < 1.29 is 14.1 Å². The molecule has 0 heterocycles. The summed E-state index contributed by atoms with van der Waals surface area (Å²) in [4.78, 5) is 4.63. The first-order valence-electron chi connectivity index (χ1n) is 9.35. The van der Waals surface area contributed by atoms with Gasteiger partial charge in [-0.05, 0) is 43.9 Å². The van der Waals surface area contributed by atoms with E-state index in [9.17, 15) is 9.32 Å². The summed E-state index contributed by atoms with van der Waals surface area (Å²) in [6.07, 6.45) is 4.15. The Labute approximate surface area is 158 Å². The lowest BCUT2D eigenvalue weighted by molar-refractivity contribution is 0.373. The van der Waals surface area contributed by atoms with Gasteiger partial charge in [-0.15, -0.1) is 0 Å². The SMILES string of the molecule is CCNC(=NCc1ccc(OC)c(O)c1)NC1CCCC(S(=O)CC)C1. The third kappa shape index (κ3) is 5.90. The van der Waals surface area contributed by atoms with E-state index in [0.29, 0.717) is 18.3 Å². The molecule has 1 aliphatic rings. The summed E-state index contributed by atoms with van der Waals surface area (Å²) in [6.45, 7) is 5.26. The predicted octanol–water partition coefficient (Wildman–Crippen LogP) is 2.54. The molecule has 0 aliphatic heterocycles. The lowest BCUT2D eigenvalue weighted by Crippen LogP contribution is -2.46. The topological polar surface area (TPSA) is 83.0 Å². The van der Waals surface area contributed by atoms with E-state index < -0.39 is 10.8 Å². The van der Waals surface area contributed by atoms with Crippen LogP contribution in [-0.4, -0.2) is 46.0 Å². The van der Waals surface area contributed by atoms with Crippen molar-refractivity contribution in [3.8, 4) is 11.5 Å². The molecule has 1 aliphatic carbocycles. The Morgan fingerprint density at radius 2 is 2.19 bits per heavy atom. The number of nitrogens with zero attached hydrogens (tertiary/aromatic N) is 1. The zero-order valence-electron chi connectivity index (χ0n) is 16.0. The Kier molecular flexibility index (Phi) is 8.22. The van der Waals surface area contributed by atoms with Crippen LogP contribution in [-0.2, 0) is 17.3 Å². The Hall–Kier alpha value is -1.76. The Bertz CT molecular complexity index is 636. The lowest BCUT2D eigenvalue weighted by atomic mass is 9.95. The molecule has 0 bridgehead atoms. The molecule has 3 N–H and O–H groups in total. The van der Waals surface area contributed by atoms with Crippen molar-refractivity contribution in [1.82, 2.24) is 10.6 Å². The fraction of sp³-hybridized carbons (Fsp3) is 0.632.